The molecule has 3 atom stereocenters. The van der Waals surface area contributed by atoms with E-state index in [2.05, 4.69) is 5.32 Å². The van der Waals surface area contributed by atoms with Gasteiger partial charge in [0.05, 0.1) is 5.92 Å². The molecule has 1 aliphatic carbocycles. The second kappa shape index (κ2) is 4.56. The Morgan fingerprint density at radius 3 is 2.50 bits per heavy atom. The van der Waals surface area contributed by atoms with Gasteiger partial charge in [-0.25, -0.2) is 0 Å². The summed E-state index contributed by atoms with van der Waals surface area (Å²) in [5.41, 5.74) is 6.54. The third-order valence-corrected chi connectivity index (χ3v) is 4.64. The Kier molecular flexibility index (Phi) is 3.04. The number of hydrogen-bond donors (Lipinski definition) is 2. The van der Waals surface area contributed by atoms with Crippen LogP contribution < -0.4 is 11.1 Å². The van der Waals surface area contributed by atoms with E-state index >= 15 is 0 Å². The van der Waals surface area contributed by atoms with Gasteiger partial charge in [-0.3, -0.25) is 4.79 Å². The molecular formula is C14H17ClN2O. The largest absolute Gasteiger partial charge is 0.369 e. The zero-order valence-electron chi connectivity index (χ0n) is 10.1. The summed E-state index contributed by atoms with van der Waals surface area (Å²) < 4.78 is 0. The third kappa shape index (κ3) is 2.13. The van der Waals surface area contributed by atoms with E-state index in [9.17, 15) is 4.79 Å². The van der Waals surface area contributed by atoms with Crippen LogP contribution in [-0.2, 0) is 4.79 Å². The number of hydrogen-bond acceptors (Lipinski definition) is 2. The van der Waals surface area contributed by atoms with Gasteiger partial charge in [-0.15, -0.1) is 0 Å². The molecule has 0 radical (unpaired) electrons. The minimum absolute atomic E-state index is 0.169. The molecule has 1 amide bonds. The van der Waals surface area contributed by atoms with E-state index in [1.165, 1.54) is 0 Å². The maximum Gasteiger partial charge on any atom is 0.224 e. The van der Waals surface area contributed by atoms with Gasteiger partial charge < -0.3 is 11.1 Å². The molecule has 1 saturated carbocycles. The Bertz CT molecular complexity index is 449. The fraction of sp³-hybridized carbons (Fsp3) is 0.500. The minimum atomic E-state index is -0.227. The summed E-state index contributed by atoms with van der Waals surface area (Å²) in [5, 5.41) is 4.06. The van der Waals surface area contributed by atoms with Crippen molar-refractivity contribution in [2.24, 2.45) is 23.5 Å². The van der Waals surface area contributed by atoms with E-state index in [4.69, 9.17) is 17.3 Å². The van der Waals surface area contributed by atoms with Crippen LogP contribution in [0.25, 0.3) is 0 Å². The number of nitrogens with one attached hydrogen (secondary N) is 1. The topological polar surface area (TPSA) is 55.1 Å². The van der Waals surface area contributed by atoms with E-state index in [1.807, 2.05) is 24.3 Å². The first-order valence-electron chi connectivity index (χ1n) is 6.42. The number of rotatable bonds is 4. The quantitative estimate of drug-likeness (QED) is 0.871. The molecule has 4 heteroatoms. The first kappa shape index (κ1) is 12.0. The van der Waals surface area contributed by atoms with Crippen LogP contribution in [0.1, 0.15) is 17.9 Å². The van der Waals surface area contributed by atoms with Crippen molar-refractivity contribution in [3.05, 3.63) is 34.9 Å². The van der Waals surface area contributed by atoms with Crippen molar-refractivity contribution in [2.75, 3.05) is 13.1 Å². The van der Waals surface area contributed by atoms with Crippen LogP contribution >= 0.6 is 11.6 Å². The molecule has 1 aromatic carbocycles. The third-order valence-electron chi connectivity index (χ3n) is 4.39. The van der Waals surface area contributed by atoms with Crippen LogP contribution in [-0.4, -0.2) is 19.0 Å². The van der Waals surface area contributed by atoms with Crippen molar-refractivity contribution in [3.63, 3.8) is 0 Å². The number of carbonyl (C=O) groups excluding carboxylic acids is 1. The van der Waals surface area contributed by atoms with E-state index in [0.29, 0.717) is 10.9 Å². The van der Waals surface area contributed by atoms with Crippen LogP contribution in [0.15, 0.2) is 24.3 Å². The maximum atomic E-state index is 11.6. The molecule has 3 rings (SSSR count). The van der Waals surface area contributed by atoms with E-state index in [-0.39, 0.29) is 11.8 Å². The van der Waals surface area contributed by atoms with Crippen molar-refractivity contribution < 1.29 is 4.79 Å². The molecular weight excluding hydrogens is 248 g/mol. The summed E-state index contributed by atoms with van der Waals surface area (Å²) in [5.74, 6) is 1.80. The number of nitrogens with two attached hydrogens (primary N) is 1. The van der Waals surface area contributed by atoms with Gasteiger partial charge >= 0.3 is 0 Å². The summed E-state index contributed by atoms with van der Waals surface area (Å²) in [6.07, 6.45) is 0.883. The van der Waals surface area contributed by atoms with Gasteiger partial charge in [0, 0.05) is 5.02 Å². The van der Waals surface area contributed by atoms with Crippen molar-refractivity contribution in [2.45, 2.75) is 12.3 Å². The smallest absolute Gasteiger partial charge is 0.224 e. The molecule has 1 saturated heterocycles. The fourth-order valence-corrected chi connectivity index (χ4v) is 3.41. The maximum absolute atomic E-state index is 11.6. The summed E-state index contributed by atoms with van der Waals surface area (Å²) >= 11 is 5.87. The lowest BCUT2D eigenvalue weighted by molar-refractivity contribution is -0.119. The standard InChI is InChI=1S/C14H17ClN2O/c15-9-3-1-8(2-4-9)10(14(16)18)5-11-12-6-17-7-13(11)12/h1-4,10-13,17H,5-7H2,(H2,16,18). The first-order valence-corrected chi connectivity index (χ1v) is 6.80. The number of fused-ring (bicyclic) bond motifs is 1. The molecule has 2 fully saturated rings. The first-order chi connectivity index (χ1) is 8.66. The molecule has 1 aromatic rings. The van der Waals surface area contributed by atoms with Crippen molar-refractivity contribution in [1.29, 1.82) is 0 Å². The number of amides is 1. The highest BCUT2D eigenvalue weighted by Gasteiger charge is 2.53. The van der Waals surface area contributed by atoms with Crippen molar-refractivity contribution >= 4 is 17.5 Å². The molecule has 0 aromatic heterocycles. The number of halogens is 1. The zero-order valence-corrected chi connectivity index (χ0v) is 10.9. The number of benzene rings is 1. The highest BCUT2D eigenvalue weighted by atomic mass is 35.5. The SMILES string of the molecule is NC(=O)C(CC1C2CNCC21)c1ccc(Cl)cc1. The Morgan fingerprint density at radius 1 is 1.33 bits per heavy atom. The summed E-state index contributed by atoms with van der Waals surface area (Å²) in [4.78, 5) is 11.6. The van der Waals surface area contributed by atoms with Crippen LogP contribution in [0.3, 0.4) is 0 Å². The molecule has 96 valence electrons. The second-order valence-corrected chi connectivity index (χ2v) is 5.83. The summed E-state index contributed by atoms with van der Waals surface area (Å²) in [7, 11) is 0. The van der Waals surface area contributed by atoms with E-state index in [1.54, 1.807) is 0 Å². The van der Waals surface area contributed by atoms with Crippen molar-refractivity contribution in [1.82, 2.24) is 5.32 Å². The van der Waals surface area contributed by atoms with Gasteiger partial charge in [-0.05, 0) is 55.0 Å². The van der Waals surface area contributed by atoms with Crippen LogP contribution in [0.2, 0.25) is 5.02 Å². The minimum Gasteiger partial charge on any atom is -0.369 e. The summed E-state index contributed by atoms with van der Waals surface area (Å²) in [6.45, 7) is 2.20. The molecule has 3 unspecified atom stereocenters. The van der Waals surface area contributed by atoms with Crippen LogP contribution in [0.5, 0.6) is 0 Å². The Morgan fingerprint density at radius 2 is 1.94 bits per heavy atom. The lowest BCUT2D eigenvalue weighted by atomic mass is 9.91. The highest BCUT2D eigenvalue weighted by Crippen LogP contribution is 2.53. The molecule has 0 bridgehead atoms. The lowest BCUT2D eigenvalue weighted by Gasteiger charge is -2.15. The predicted octanol–water partition coefficient (Wildman–Crippen LogP) is 1.76. The predicted molar refractivity (Wildman–Crippen MR) is 71.3 cm³/mol. The van der Waals surface area contributed by atoms with Crippen LogP contribution in [0, 0.1) is 17.8 Å². The average molecular weight is 265 g/mol. The molecule has 18 heavy (non-hydrogen) atoms. The van der Waals surface area contributed by atoms with Crippen LogP contribution in [0.4, 0.5) is 0 Å². The second-order valence-electron chi connectivity index (χ2n) is 5.39. The molecule has 1 heterocycles. The van der Waals surface area contributed by atoms with Gasteiger partial charge in [-0.1, -0.05) is 23.7 Å². The molecule has 1 aliphatic heterocycles. The molecule has 3 nitrogen and oxygen atoms in total. The van der Waals surface area contributed by atoms with Gasteiger partial charge in [0.25, 0.3) is 0 Å². The summed E-state index contributed by atoms with van der Waals surface area (Å²) in [6, 6.07) is 7.46. The zero-order chi connectivity index (χ0) is 12.7. The number of carbonyl (C=O) groups is 1. The average Bonchev–Trinajstić information content (AvgIpc) is 2.78. The number of primary amides is 1. The molecule has 2 aliphatic rings. The Labute approximate surface area is 112 Å². The normalized spacial score (nSPS) is 30.8. The van der Waals surface area contributed by atoms with E-state index < -0.39 is 0 Å². The van der Waals surface area contributed by atoms with E-state index in [0.717, 1.165) is 36.9 Å². The monoisotopic (exact) mass is 264 g/mol. The van der Waals surface area contributed by atoms with Gasteiger partial charge in [-0.2, -0.15) is 0 Å². The Balaban J connectivity index is 1.72. The molecule has 3 N–H and O–H groups in total. The van der Waals surface area contributed by atoms with Gasteiger partial charge in [0.15, 0.2) is 0 Å². The fourth-order valence-electron chi connectivity index (χ4n) is 3.28. The van der Waals surface area contributed by atoms with Crippen molar-refractivity contribution in [3.8, 4) is 0 Å². The van der Waals surface area contributed by atoms with Gasteiger partial charge in [0.1, 0.15) is 0 Å². The Hall–Kier alpha value is -1.06. The lowest BCUT2D eigenvalue weighted by Crippen LogP contribution is -2.24. The molecule has 0 spiro atoms. The number of piperidine rings is 1. The highest BCUT2D eigenvalue weighted by molar-refractivity contribution is 6.30. The van der Waals surface area contributed by atoms with Gasteiger partial charge in [0.2, 0.25) is 5.91 Å².